The molecular weight excluding hydrogens is 606 g/mol. The Morgan fingerprint density at radius 3 is 2.43 bits per heavy atom. The van der Waals surface area contributed by atoms with Crippen LogP contribution >= 0.6 is 0 Å². The monoisotopic (exact) mass is 636 g/mol. The summed E-state index contributed by atoms with van der Waals surface area (Å²) in [6.07, 6.45) is 9.16. The van der Waals surface area contributed by atoms with E-state index in [1.54, 1.807) is 44.3 Å². The number of nitrogens with two attached hydrogens (primary N) is 1. The predicted octanol–water partition coefficient (Wildman–Crippen LogP) is 4.85. The van der Waals surface area contributed by atoms with Crippen molar-refractivity contribution in [1.29, 1.82) is 0 Å². The highest BCUT2D eigenvalue weighted by atomic mass is 19.1. The highest BCUT2D eigenvalue weighted by Gasteiger charge is 2.50. The van der Waals surface area contributed by atoms with Gasteiger partial charge in [0.25, 0.3) is 11.8 Å². The van der Waals surface area contributed by atoms with E-state index in [0.717, 1.165) is 38.1 Å². The average Bonchev–Trinajstić information content (AvgIpc) is 3.98. The molecule has 1 aromatic carbocycles. The number of carbonyl (C=O) groups is 2. The van der Waals surface area contributed by atoms with Gasteiger partial charge in [0.05, 0.1) is 54.0 Å². The number of rotatable bonds is 8. The minimum Gasteiger partial charge on any atom is -0.476 e. The van der Waals surface area contributed by atoms with Gasteiger partial charge in [-0.2, -0.15) is 5.10 Å². The molecule has 8 rings (SSSR count). The molecule has 0 unspecified atom stereocenters. The van der Waals surface area contributed by atoms with Gasteiger partial charge in [-0.1, -0.05) is 6.07 Å². The Hall–Kier alpha value is -5.33. The molecule has 5 heterocycles. The number of amides is 2. The number of ether oxygens (including phenoxy) is 1. The van der Waals surface area contributed by atoms with Crippen LogP contribution in [-0.4, -0.2) is 47.1 Å². The van der Waals surface area contributed by atoms with Crippen LogP contribution in [0.15, 0.2) is 55.1 Å². The number of anilines is 1. The van der Waals surface area contributed by atoms with Crippen molar-refractivity contribution in [3.8, 4) is 16.9 Å². The van der Waals surface area contributed by atoms with E-state index >= 15 is 0 Å². The zero-order valence-electron chi connectivity index (χ0n) is 25.7. The number of aromatic nitrogens is 6. The normalized spacial score (nSPS) is 17.8. The molecule has 2 N–H and O–H groups in total. The molecule has 0 saturated heterocycles. The third-order valence-electron chi connectivity index (χ3n) is 9.19. The number of benzene rings is 1. The van der Waals surface area contributed by atoms with Crippen LogP contribution < -0.4 is 15.4 Å². The number of fused-ring (bicyclic) bond motifs is 2. The van der Waals surface area contributed by atoms with Gasteiger partial charge in [-0.05, 0) is 81.7 Å². The SMILES string of the molecule is CC1(C)Oc2cc(-c3c(C(N)=O)c(CC4CC4)nc4c3cnn4C3(c4ccc(F)cn4)CC3)ccc2N(Cc2ncc(F)cn2)C1=O. The largest absolute Gasteiger partial charge is 0.476 e. The van der Waals surface area contributed by atoms with E-state index in [-0.39, 0.29) is 18.3 Å². The lowest BCUT2D eigenvalue weighted by molar-refractivity contribution is -0.132. The molecule has 4 aromatic heterocycles. The fraction of sp³-hybridized carbons (Fsp3) is 0.324. The minimum absolute atomic E-state index is 0.00208. The Morgan fingerprint density at radius 1 is 1.02 bits per heavy atom. The van der Waals surface area contributed by atoms with Gasteiger partial charge >= 0.3 is 0 Å². The number of hydrogen-bond acceptors (Lipinski definition) is 8. The van der Waals surface area contributed by atoms with E-state index < -0.39 is 28.7 Å². The quantitative estimate of drug-likeness (QED) is 0.255. The second kappa shape index (κ2) is 10.3. The molecule has 2 fully saturated rings. The van der Waals surface area contributed by atoms with E-state index in [1.807, 2.05) is 4.68 Å². The lowest BCUT2D eigenvalue weighted by atomic mass is 9.92. The average molecular weight is 637 g/mol. The van der Waals surface area contributed by atoms with Crippen molar-refractivity contribution in [2.45, 2.75) is 63.6 Å². The summed E-state index contributed by atoms with van der Waals surface area (Å²) >= 11 is 0. The van der Waals surface area contributed by atoms with Crippen molar-refractivity contribution in [3.05, 3.63) is 89.5 Å². The van der Waals surface area contributed by atoms with Crippen LogP contribution in [0.3, 0.4) is 0 Å². The first kappa shape index (κ1) is 29.1. The Labute approximate surface area is 267 Å². The number of hydrogen-bond donors (Lipinski definition) is 1. The number of carbonyl (C=O) groups excluding carboxylic acids is 2. The molecular formula is C34H30F2N8O3. The molecule has 2 saturated carbocycles. The number of halogens is 2. The molecule has 13 heteroatoms. The van der Waals surface area contributed by atoms with Crippen LogP contribution in [-0.2, 0) is 23.3 Å². The summed E-state index contributed by atoms with van der Waals surface area (Å²) in [6, 6.07) is 8.40. The third kappa shape index (κ3) is 4.88. The van der Waals surface area contributed by atoms with E-state index in [0.29, 0.717) is 62.9 Å². The molecule has 47 heavy (non-hydrogen) atoms. The van der Waals surface area contributed by atoms with Crippen LogP contribution in [0.5, 0.6) is 5.75 Å². The fourth-order valence-electron chi connectivity index (χ4n) is 6.50. The topological polar surface area (TPSA) is 142 Å². The van der Waals surface area contributed by atoms with Crippen LogP contribution in [0.4, 0.5) is 14.5 Å². The summed E-state index contributed by atoms with van der Waals surface area (Å²) in [5, 5.41) is 5.40. The maximum absolute atomic E-state index is 13.8. The highest BCUT2D eigenvalue weighted by molar-refractivity contribution is 6.09. The maximum atomic E-state index is 13.8. The molecule has 3 aliphatic rings. The third-order valence-corrected chi connectivity index (χ3v) is 9.19. The molecule has 5 aromatic rings. The Balaban J connectivity index is 1.30. The van der Waals surface area contributed by atoms with Gasteiger partial charge < -0.3 is 10.5 Å². The Bertz CT molecular complexity index is 2090. The lowest BCUT2D eigenvalue weighted by Gasteiger charge is -2.38. The fourth-order valence-corrected chi connectivity index (χ4v) is 6.50. The molecule has 11 nitrogen and oxygen atoms in total. The van der Waals surface area contributed by atoms with Gasteiger partial charge in [0.1, 0.15) is 22.9 Å². The Kier molecular flexibility index (Phi) is 6.40. The van der Waals surface area contributed by atoms with Gasteiger partial charge in [-0.15, -0.1) is 0 Å². The summed E-state index contributed by atoms with van der Waals surface area (Å²) in [5.41, 5.74) is 8.12. The number of pyridine rings is 2. The van der Waals surface area contributed by atoms with Crippen molar-refractivity contribution in [1.82, 2.24) is 29.7 Å². The van der Waals surface area contributed by atoms with E-state index in [4.69, 9.17) is 20.6 Å². The van der Waals surface area contributed by atoms with Crippen LogP contribution in [0.1, 0.15) is 67.1 Å². The van der Waals surface area contributed by atoms with Crippen molar-refractivity contribution in [2.24, 2.45) is 11.7 Å². The summed E-state index contributed by atoms with van der Waals surface area (Å²) in [4.78, 5) is 45.7. The summed E-state index contributed by atoms with van der Waals surface area (Å²) in [5.74, 6) is -0.850. The Morgan fingerprint density at radius 2 is 1.77 bits per heavy atom. The van der Waals surface area contributed by atoms with Gasteiger partial charge in [0.15, 0.2) is 17.1 Å². The predicted molar refractivity (Wildman–Crippen MR) is 166 cm³/mol. The molecule has 1 aliphatic heterocycles. The molecule has 2 aliphatic carbocycles. The molecule has 0 radical (unpaired) electrons. The minimum atomic E-state index is -1.24. The van der Waals surface area contributed by atoms with Crippen molar-refractivity contribution in [3.63, 3.8) is 0 Å². The van der Waals surface area contributed by atoms with Crippen LogP contribution in [0.25, 0.3) is 22.2 Å². The van der Waals surface area contributed by atoms with E-state index in [2.05, 4.69) is 15.0 Å². The van der Waals surface area contributed by atoms with Crippen molar-refractivity contribution < 1.29 is 23.1 Å². The van der Waals surface area contributed by atoms with Gasteiger partial charge in [0.2, 0.25) is 0 Å². The second-order valence-corrected chi connectivity index (χ2v) is 13.0. The first-order valence-electron chi connectivity index (χ1n) is 15.5. The van der Waals surface area contributed by atoms with Gasteiger partial charge in [-0.25, -0.2) is 28.4 Å². The van der Waals surface area contributed by atoms with Gasteiger partial charge in [0, 0.05) is 10.9 Å². The molecule has 0 bridgehead atoms. The molecule has 238 valence electrons. The summed E-state index contributed by atoms with van der Waals surface area (Å²) < 4.78 is 35.4. The van der Waals surface area contributed by atoms with Crippen molar-refractivity contribution >= 4 is 28.5 Å². The molecule has 0 atom stereocenters. The first-order chi connectivity index (χ1) is 22.5. The first-order valence-corrected chi connectivity index (χ1v) is 15.5. The highest BCUT2D eigenvalue weighted by Crippen LogP contribution is 2.51. The van der Waals surface area contributed by atoms with E-state index in [1.165, 1.54) is 17.2 Å². The van der Waals surface area contributed by atoms with E-state index in [9.17, 15) is 18.4 Å². The zero-order valence-corrected chi connectivity index (χ0v) is 25.7. The number of primary amides is 1. The second-order valence-electron chi connectivity index (χ2n) is 13.0. The van der Waals surface area contributed by atoms with Crippen LogP contribution in [0, 0.1) is 17.6 Å². The zero-order chi connectivity index (χ0) is 32.7. The maximum Gasteiger partial charge on any atom is 0.271 e. The van der Waals surface area contributed by atoms with Gasteiger partial charge in [-0.3, -0.25) is 19.5 Å². The van der Waals surface area contributed by atoms with Crippen LogP contribution in [0.2, 0.25) is 0 Å². The smallest absolute Gasteiger partial charge is 0.271 e. The number of nitrogens with zero attached hydrogens (tertiary/aromatic N) is 7. The summed E-state index contributed by atoms with van der Waals surface area (Å²) in [7, 11) is 0. The molecule has 2 amide bonds. The summed E-state index contributed by atoms with van der Waals surface area (Å²) in [6.45, 7) is 3.33. The lowest BCUT2D eigenvalue weighted by Crippen LogP contribution is -2.52. The van der Waals surface area contributed by atoms with Crippen molar-refractivity contribution in [2.75, 3.05) is 4.90 Å². The standard InChI is InChI=1S/C34H30F2N8O3/c1-33(2)32(46)43(17-27-39-14-21(36)15-40-27)24-7-5-19(12-25(24)47-33)28-22-16-41-44(34(9-10-34)26-8-6-20(35)13-38-26)31(22)42-23(11-18-3-4-18)29(28)30(37)45/h5-8,12-16,18H,3-4,9-11,17H2,1-2H3,(H2,37,45). The molecule has 0 spiro atoms.